The average molecular weight is 399 g/mol. The topological polar surface area (TPSA) is 107 Å². The van der Waals surface area contributed by atoms with E-state index in [1.807, 2.05) is 0 Å². The molecule has 2 aromatic carbocycles. The predicted molar refractivity (Wildman–Crippen MR) is 106 cm³/mol. The Bertz CT molecular complexity index is 1050. The van der Waals surface area contributed by atoms with Gasteiger partial charge in [-0.1, -0.05) is 0 Å². The van der Waals surface area contributed by atoms with Crippen molar-refractivity contribution in [2.24, 2.45) is 0 Å². The van der Waals surface area contributed by atoms with E-state index in [0.29, 0.717) is 22.7 Å². The maximum absolute atomic E-state index is 12.2. The molecule has 1 aromatic heterocycles. The van der Waals surface area contributed by atoms with Crippen LogP contribution in [0.5, 0.6) is 5.75 Å². The number of nitrogens with zero attached hydrogens (tertiary/aromatic N) is 1. The van der Waals surface area contributed by atoms with Crippen molar-refractivity contribution in [1.29, 1.82) is 0 Å². The van der Waals surface area contributed by atoms with Gasteiger partial charge in [0.05, 0.1) is 34.1 Å². The number of anilines is 2. The number of carbonyl (C=O) groups excluding carboxylic acids is 3. The van der Waals surface area contributed by atoms with Gasteiger partial charge < -0.3 is 20.1 Å². The molecule has 2 amide bonds. The van der Waals surface area contributed by atoms with Crippen molar-refractivity contribution >= 4 is 50.7 Å². The van der Waals surface area contributed by atoms with Crippen molar-refractivity contribution in [1.82, 2.24) is 4.98 Å². The molecule has 0 aliphatic rings. The summed E-state index contributed by atoms with van der Waals surface area (Å²) in [6.45, 7) is 0.915. The smallest absolute Gasteiger partial charge is 0.338 e. The molecule has 0 unspecified atom stereocenters. The molecule has 0 spiro atoms. The molecule has 2 N–H and O–H groups in total. The quantitative estimate of drug-likeness (QED) is 0.617. The van der Waals surface area contributed by atoms with E-state index in [4.69, 9.17) is 9.47 Å². The van der Waals surface area contributed by atoms with Gasteiger partial charge in [-0.2, -0.15) is 0 Å². The van der Waals surface area contributed by atoms with Crippen molar-refractivity contribution in [2.45, 2.75) is 6.92 Å². The van der Waals surface area contributed by atoms with Gasteiger partial charge in [-0.15, -0.1) is 11.3 Å². The van der Waals surface area contributed by atoms with Crippen LogP contribution in [0, 0.1) is 0 Å². The third-order valence-electron chi connectivity index (χ3n) is 3.70. The van der Waals surface area contributed by atoms with E-state index in [1.54, 1.807) is 41.9 Å². The molecule has 0 atom stereocenters. The van der Waals surface area contributed by atoms with Crippen LogP contribution >= 0.6 is 11.3 Å². The van der Waals surface area contributed by atoms with Crippen LogP contribution in [0.4, 0.5) is 11.4 Å². The minimum atomic E-state index is -0.607. The summed E-state index contributed by atoms with van der Waals surface area (Å²) in [5.41, 5.74) is 3.68. The molecule has 0 bridgehead atoms. The first kappa shape index (κ1) is 19.3. The minimum absolute atomic E-state index is 0.241. The zero-order valence-electron chi connectivity index (χ0n) is 15.1. The van der Waals surface area contributed by atoms with Gasteiger partial charge >= 0.3 is 5.97 Å². The third kappa shape index (κ3) is 4.63. The number of rotatable bonds is 6. The first-order valence-corrected chi connectivity index (χ1v) is 9.10. The lowest BCUT2D eigenvalue weighted by atomic mass is 10.2. The summed E-state index contributed by atoms with van der Waals surface area (Å²) in [5, 5.41) is 5.23. The number of hydrogen-bond acceptors (Lipinski definition) is 7. The maximum atomic E-state index is 12.2. The van der Waals surface area contributed by atoms with Crippen LogP contribution in [0.2, 0.25) is 0 Å². The van der Waals surface area contributed by atoms with E-state index in [-0.39, 0.29) is 5.91 Å². The fourth-order valence-corrected chi connectivity index (χ4v) is 3.19. The molecular formula is C19H17N3O5S. The van der Waals surface area contributed by atoms with Crippen molar-refractivity contribution < 1.29 is 23.9 Å². The van der Waals surface area contributed by atoms with Gasteiger partial charge in [0.15, 0.2) is 6.61 Å². The van der Waals surface area contributed by atoms with Crippen LogP contribution in [0.3, 0.4) is 0 Å². The van der Waals surface area contributed by atoms with Crippen molar-refractivity contribution in [2.75, 3.05) is 24.4 Å². The van der Waals surface area contributed by atoms with E-state index >= 15 is 0 Å². The lowest BCUT2D eigenvalue weighted by molar-refractivity contribution is -0.119. The highest BCUT2D eigenvalue weighted by molar-refractivity contribution is 7.16. The van der Waals surface area contributed by atoms with Crippen LogP contribution in [0.15, 0.2) is 41.9 Å². The lowest BCUT2D eigenvalue weighted by Crippen LogP contribution is -2.21. The first-order valence-electron chi connectivity index (χ1n) is 8.22. The second-order valence-electron chi connectivity index (χ2n) is 5.76. The molecule has 144 valence electrons. The first-order chi connectivity index (χ1) is 13.5. The highest BCUT2D eigenvalue weighted by atomic mass is 32.1. The Morgan fingerprint density at radius 2 is 1.93 bits per heavy atom. The van der Waals surface area contributed by atoms with Crippen molar-refractivity contribution in [3.8, 4) is 5.75 Å². The molecule has 8 nitrogen and oxygen atoms in total. The number of fused-ring (bicyclic) bond motifs is 1. The number of nitrogens with one attached hydrogen (secondary N) is 2. The second kappa shape index (κ2) is 8.49. The summed E-state index contributed by atoms with van der Waals surface area (Å²) in [5.74, 6) is -0.978. The molecule has 0 radical (unpaired) electrons. The summed E-state index contributed by atoms with van der Waals surface area (Å²) in [4.78, 5) is 39.7. The Morgan fingerprint density at radius 3 is 2.68 bits per heavy atom. The predicted octanol–water partition coefficient (Wildman–Crippen LogP) is 3.06. The van der Waals surface area contributed by atoms with Gasteiger partial charge in [-0.05, 0) is 36.4 Å². The lowest BCUT2D eigenvalue weighted by Gasteiger charge is -2.12. The summed E-state index contributed by atoms with van der Waals surface area (Å²) >= 11 is 1.41. The van der Waals surface area contributed by atoms with Gasteiger partial charge in [-0.3, -0.25) is 9.59 Å². The summed E-state index contributed by atoms with van der Waals surface area (Å²) in [7, 11) is 1.46. The van der Waals surface area contributed by atoms with Crippen LogP contribution in [-0.4, -0.2) is 36.5 Å². The SMILES string of the molecule is COc1ccc(NC(C)=O)cc1NC(=O)COC(=O)c1ccc2ncsc2c1. The average Bonchev–Trinajstić information content (AvgIpc) is 3.13. The Morgan fingerprint density at radius 1 is 1.11 bits per heavy atom. The molecule has 0 fully saturated rings. The molecule has 28 heavy (non-hydrogen) atoms. The number of esters is 1. The number of benzene rings is 2. The number of hydrogen-bond donors (Lipinski definition) is 2. The molecule has 0 aliphatic carbocycles. The highest BCUT2D eigenvalue weighted by Gasteiger charge is 2.14. The zero-order valence-corrected chi connectivity index (χ0v) is 16.0. The third-order valence-corrected chi connectivity index (χ3v) is 4.49. The molecule has 0 aliphatic heterocycles. The van der Waals surface area contributed by atoms with Gasteiger partial charge in [0, 0.05) is 12.6 Å². The van der Waals surface area contributed by atoms with Crippen LogP contribution in [0.25, 0.3) is 10.2 Å². The Balaban J connectivity index is 1.63. The van der Waals surface area contributed by atoms with Crippen LogP contribution in [0.1, 0.15) is 17.3 Å². The van der Waals surface area contributed by atoms with Gasteiger partial charge in [0.1, 0.15) is 5.75 Å². The number of thiazole rings is 1. The highest BCUT2D eigenvalue weighted by Crippen LogP contribution is 2.28. The molecule has 0 saturated carbocycles. The van der Waals surface area contributed by atoms with Crippen LogP contribution in [-0.2, 0) is 14.3 Å². The Labute approximate surface area is 164 Å². The van der Waals surface area contributed by atoms with E-state index < -0.39 is 18.5 Å². The monoisotopic (exact) mass is 399 g/mol. The fraction of sp³-hybridized carbons (Fsp3) is 0.158. The molecule has 3 rings (SSSR count). The largest absolute Gasteiger partial charge is 0.495 e. The molecule has 9 heteroatoms. The Kier molecular flexibility index (Phi) is 5.85. The molecular weight excluding hydrogens is 382 g/mol. The number of carbonyl (C=O) groups is 3. The second-order valence-corrected chi connectivity index (χ2v) is 6.64. The van der Waals surface area contributed by atoms with E-state index in [2.05, 4.69) is 15.6 Å². The number of ether oxygens (including phenoxy) is 2. The van der Waals surface area contributed by atoms with E-state index in [9.17, 15) is 14.4 Å². The standard InChI is InChI=1S/C19H17N3O5S/c1-11(23)21-13-4-6-16(26-2)15(8-13)22-18(24)9-27-19(25)12-3-5-14-17(7-12)28-10-20-14/h3-8,10H,9H2,1-2H3,(H,21,23)(H,22,24). The summed E-state index contributed by atoms with van der Waals surface area (Å²) in [6, 6.07) is 9.80. The van der Waals surface area contributed by atoms with Gasteiger partial charge in [0.25, 0.3) is 5.91 Å². The minimum Gasteiger partial charge on any atom is -0.495 e. The Hall–Kier alpha value is -3.46. The zero-order chi connectivity index (χ0) is 20.1. The number of aromatic nitrogens is 1. The normalized spacial score (nSPS) is 10.4. The fourth-order valence-electron chi connectivity index (χ4n) is 2.47. The maximum Gasteiger partial charge on any atom is 0.338 e. The number of methoxy groups -OCH3 is 1. The van der Waals surface area contributed by atoms with E-state index in [1.165, 1.54) is 25.4 Å². The van der Waals surface area contributed by atoms with E-state index in [0.717, 1.165) is 10.2 Å². The van der Waals surface area contributed by atoms with Crippen molar-refractivity contribution in [3.63, 3.8) is 0 Å². The van der Waals surface area contributed by atoms with Crippen LogP contribution < -0.4 is 15.4 Å². The van der Waals surface area contributed by atoms with Crippen molar-refractivity contribution in [3.05, 3.63) is 47.5 Å². The van der Waals surface area contributed by atoms with Gasteiger partial charge in [0.2, 0.25) is 5.91 Å². The molecule has 1 heterocycles. The summed E-state index contributed by atoms with van der Waals surface area (Å²) in [6.07, 6.45) is 0. The van der Waals surface area contributed by atoms with Gasteiger partial charge in [-0.25, -0.2) is 9.78 Å². The number of amides is 2. The molecule has 3 aromatic rings. The summed E-state index contributed by atoms with van der Waals surface area (Å²) < 4.78 is 11.1. The molecule has 0 saturated heterocycles.